The molecule has 0 aromatic heterocycles. The van der Waals surface area contributed by atoms with Crippen molar-refractivity contribution in [3.05, 3.63) is 58.6 Å². The van der Waals surface area contributed by atoms with Crippen LogP contribution in [0.4, 0.5) is 24.5 Å². The van der Waals surface area contributed by atoms with Gasteiger partial charge in [0.05, 0.1) is 22.5 Å². The largest absolute Gasteiger partial charge is 0.416 e. The molecule has 2 rings (SSSR count). The molecule has 0 aliphatic rings. The van der Waals surface area contributed by atoms with Gasteiger partial charge in [-0.3, -0.25) is 9.10 Å². The van der Waals surface area contributed by atoms with E-state index in [4.69, 9.17) is 11.6 Å². The number of sulfonamides is 1. The van der Waals surface area contributed by atoms with Gasteiger partial charge in [0, 0.05) is 25.3 Å². The van der Waals surface area contributed by atoms with Crippen LogP contribution in [0, 0.1) is 0 Å². The fraction of sp³-hybridized carbons (Fsp3) is 0.381. The number of nitrogens with one attached hydrogen (secondary N) is 1. The third-order valence-electron chi connectivity index (χ3n) is 4.78. The Morgan fingerprint density at radius 1 is 1.06 bits per heavy atom. The van der Waals surface area contributed by atoms with Crippen molar-refractivity contribution < 1.29 is 26.4 Å². The van der Waals surface area contributed by atoms with E-state index in [1.165, 1.54) is 0 Å². The first-order chi connectivity index (χ1) is 14.9. The number of hydrogen-bond acceptors (Lipinski definition) is 4. The number of carbonyl (C=O) groups is 1. The van der Waals surface area contributed by atoms with Crippen LogP contribution >= 0.6 is 11.6 Å². The molecule has 1 amide bonds. The highest BCUT2D eigenvalue weighted by atomic mass is 35.5. The van der Waals surface area contributed by atoms with Gasteiger partial charge < -0.3 is 10.2 Å². The third-order valence-corrected chi connectivity index (χ3v) is 6.23. The summed E-state index contributed by atoms with van der Waals surface area (Å²) >= 11 is 5.96. The smallest absolute Gasteiger partial charge is 0.372 e. The van der Waals surface area contributed by atoms with Gasteiger partial charge in [0.25, 0.3) is 0 Å². The molecular weight excluding hydrogens is 467 g/mol. The fourth-order valence-electron chi connectivity index (χ4n) is 3.06. The number of nitrogens with zero attached hydrogens (tertiary/aromatic N) is 2. The summed E-state index contributed by atoms with van der Waals surface area (Å²) in [6.07, 6.45) is -3.90. The van der Waals surface area contributed by atoms with E-state index < -0.39 is 39.9 Å². The zero-order chi connectivity index (χ0) is 24.1. The highest BCUT2D eigenvalue weighted by Crippen LogP contribution is 2.36. The molecule has 0 bridgehead atoms. The van der Waals surface area contributed by atoms with Crippen molar-refractivity contribution in [1.82, 2.24) is 5.32 Å². The van der Waals surface area contributed by atoms with Gasteiger partial charge in [-0.05, 0) is 49.7 Å². The lowest BCUT2D eigenvalue weighted by molar-refractivity contribution is -0.137. The average molecular weight is 492 g/mol. The highest BCUT2D eigenvalue weighted by molar-refractivity contribution is 7.92. The summed E-state index contributed by atoms with van der Waals surface area (Å²) in [5.74, 6) is -0.684. The molecule has 2 aromatic carbocycles. The quantitative estimate of drug-likeness (QED) is 0.568. The normalized spacial score (nSPS) is 11.8. The first-order valence-electron chi connectivity index (χ1n) is 9.81. The molecule has 6 nitrogen and oxygen atoms in total. The average Bonchev–Trinajstić information content (AvgIpc) is 2.71. The van der Waals surface area contributed by atoms with Crippen molar-refractivity contribution in [3.63, 3.8) is 0 Å². The maximum Gasteiger partial charge on any atom is 0.416 e. The predicted molar refractivity (Wildman–Crippen MR) is 120 cm³/mol. The van der Waals surface area contributed by atoms with Crippen LogP contribution in [0.5, 0.6) is 0 Å². The third kappa shape index (κ3) is 6.77. The van der Waals surface area contributed by atoms with Crippen LogP contribution in [-0.4, -0.2) is 40.2 Å². The molecule has 176 valence electrons. The zero-order valence-electron chi connectivity index (χ0n) is 17.9. The van der Waals surface area contributed by atoms with E-state index in [9.17, 15) is 26.4 Å². The topological polar surface area (TPSA) is 69.7 Å². The van der Waals surface area contributed by atoms with E-state index in [-0.39, 0.29) is 11.6 Å². The van der Waals surface area contributed by atoms with Gasteiger partial charge in [0.1, 0.15) is 6.54 Å². The van der Waals surface area contributed by atoms with Gasteiger partial charge in [-0.2, -0.15) is 13.2 Å². The zero-order valence-corrected chi connectivity index (χ0v) is 19.5. The minimum atomic E-state index is -4.69. The second kappa shape index (κ2) is 10.4. The maximum absolute atomic E-state index is 13.1. The van der Waals surface area contributed by atoms with Crippen LogP contribution in [0.3, 0.4) is 0 Å². The van der Waals surface area contributed by atoms with Gasteiger partial charge in [-0.15, -0.1) is 0 Å². The van der Waals surface area contributed by atoms with Crippen LogP contribution in [0.1, 0.15) is 25.0 Å². The molecule has 0 spiro atoms. The minimum absolute atomic E-state index is 0.130. The molecule has 0 saturated heterocycles. The van der Waals surface area contributed by atoms with E-state index in [2.05, 4.69) is 10.2 Å². The number of alkyl halides is 3. The summed E-state index contributed by atoms with van der Waals surface area (Å²) in [4.78, 5) is 14.6. The van der Waals surface area contributed by atoms with Crippen LogP contribution in [0.15, 0.2) is 42.5 Å². The standard InChI is InChI=1S/C21H25ClF3N3O3S/c1-4-27(5-2)17-9-6-15(7-10-17)13-26-20(29)14-28(32(3,30)31)19-12-16(21(23,24)25)8-11-18(19)22/h6-12H,4-5,13-14H2,1-3H3,(H,26,29). The lowest BCUT2D eigenvalue weighted by Crippen LogP contribution is -2.40. The molecule has 32 heavy (non-hydrogen) atoms. The number of carbonyl (C=O) groups excluding carboxylic acids is 1. The summed E-state index contributed by atoms with van der Waals surface area (Å²) in [6.45, 7) is 5.21. The van der Waals surface area contributed by atoms with Crippen molar-refractivity contribution in [2.75, 3.05) is 35.1 Å². The molecule has 0 heterocycles. The Hall–Kier alpha value is -2.46. The summed E-state index contributed by atoms with van der Waals surface area (Å²) in [7, 11) is -4.09. The van der Waals surface area contributed by atoms with E-state index >= 15 is 0 Å². The van der Waals surface area contributed by atoms with Crippen molar-refractivity contribution >= 4 is 38.9 Å². The molecular formula is C21H25ClF3N3O3S. The predicted octanol–water partition coefficient (Wildman–Crippen LogP) is 4.29. The molecule has 0 aliphatic carbocycles. The Bertz CT molecular complexity index is 1040. The number of benzene rings is 2. The first-order valence-corrected chi connectivity index (χ1v) is 12.0. The summed E-state index contributed by atoms with van der Waals surface area (Å²) in [5, 5.41) is 2.37. The van der Waals surface area contributed by atoms with Crippen molar-refractivity contribution in [3.8, 4) is 0 Å². The Balaban J connectivity index is 2.15. The van der Waals surface area contributed by atoms with Gasteiger partial charge in [0.2, 0.25) is 15.9 Å². The summed E-state index contributed by atoms with van der Waals surface area (Å²) < 4.78 is 64.2. The van der Waals surface area contributed by atoms with Crippen molar-refractivity contribution in [2.45, 2.75) is 26.6 Å². The number of rotatable bonds is 9. The van der Waals surface area contributed by atoms with Gasteiger partial charge in [-0.1, -0.05) is 23.7 Å². The summed E-state index contributed by atoms with van der Waals surface area (Å²) in [5.41, 5.74) is 0.340. The Morgan fingerprint density at radius 3 is 2.16 bits per heavy atom. The second-order valence-electron chi connectivity index (χ2n) is 7.05. The fourth-order valence-corrected chi connectivity index (χ4v) is 4.19. The van der Waals surface area contributed by atoms with Crippen molar-refractivity contribution in [2.24, 2.45) is 0 Å². The van der Waals surface area contributed by atoms with Crippen LogP contribution in [0.25, 0.3) is 0 Å². The van der Waals surface area contributed by atoms with Crippen molar-refractivity contribution in [1.29, 1.82) is 0 Å². The Labute approximate surface area is 191 Å². The van der Waals surface area contributed by atoms with E-state index in [0.29, 0.717) is 10.4 Å². The summed E-state index contributed by atoms with van der Waals surface area (Å²) in [6, 6.07) is 9.82. The molecule has 11 heteroatoms. The molecule has 0 radical (unpaired) electrons. The van der Waals surface area contributed by atoms with Gasteiger partial charge >= 0.3 is 6.18 Å². The molecule has 2 aromatic rings. The monoisotopic (exact) mass is 491 g/mol. The molecule has 0 saturated carbocycles. The van der Waals surface area contributed by atoms with Crippen LogP contribution < -0.4 is 14.5 Å². The first kappa shape index (κ1) is 25.8. The number of halogens is 4. The van der Waals surface area contributed by atoms with Gasteiger partial charge in [-0.25, -0.2) is 8.42 Å². The number of anilines is 2. The molecule has 0 aliphatic heterocycles. The minimum Gasteiger partial charge on any atom is -0.372 e. The highest BCUT2D eigenvalue weighted by Gasteiger charge is 2.33. The van der Waals surface area contributed by atoms with E-state index in [1.54, 1.807) is 0 Å². The van der Waals surface area contributed by atoms with E-state index in [1.807, 2.05) is 38.1 Å². The Kier molecular flexibility index (Phi) is 8.41. The molecule has 1 N–H and O–H groups in total. The maximum atomic E-state index is 13.1. The second-order valence-corrected chi connectivity index (χ2v) is 9.36. The van der Waals surface area contributed by atoms with Crippen LogP contribution in [-0.2, 0) is 27.5 Å². The molecule has 0 atom stereocenters. The van der Waals surface area contributed by atoms with Crippen LogP contribution in [0.2, 0.25) is 5.02 Å². The Morgan fingerprint density at radius 2 is 1.66 bits per heavy atom. The molecule has 0 unspecified atom stereocenters. The lowest BCUT2D eigenvalue weighted by atomic mass is 10.2. The number of amides is 1. The lowest BCUT2D eigenvalue weighted by Gasteiger charge is -2.24. The van der Waals surface area contributed by atoms with Gasteiger partial charge in [0.15, 0.2) is 0 Å². The number of hydrogen-bond donors (Lipinski definition) is 1. The SMILES string of the molecule is CCN(CC)c1ccc(CNC(=O)CN(c2cc(C(F)(F)F)ccc2Cl)S(C)(=O)=O)cc1. The molecule has 0 fully saturated rings. The van der Waals surface area contributed by atoms with E-state index in [0.717, 1.165) is 42.7 Å².